The summed E-state index contributed by atoms with van der Waals surface area (Å²) in [5, 5.41) is 17.0. The van der Waals surface area contributed by atoms with Crippen LogP contribution in [0.4, 0.5) is 0 Å². The highest BCUT2D eigenvalue weighted by Gasteiger charge is 2.09. The summed E-state index contributed by atoms with van der Waals surface area (Å²) >= 11 is 0. The zero-order valence-electron chi connectivity index (χ0n) is 6.66. The largest absolute Gasteiger partial charge is 0.479 e. The molecule has 0 fully saturated rings. The van der Waals surface area contributed by atoms with Gasteiger partial charge in [0.05, 0.1) is 0 Å². The molecule has 3 heteroatoms. The van der Waals surface area contributed by atoms with Crippen LogP contribution in [-0.2, 0) is 4.79 Å². The van der Waals surface area contributed by atoms with Crippen LogP contribution in [0.25, 0.3) is 0 Å². The van der Waals surface area contributed by atoms with E-state index in [-0.39, 0.29) is 6.42 Å². The summed E-state index contributed by atoms with van der Waals surface area (Å²) in [5.41, 5.74) is 0. The van der Waals surface area contributed by atoms with Gasteiger partial charge in [-0.15, -0.1) is 0 Å². The number of hydrogen-bond donors (Lipinski definition) is 2. The first-order valence-corrected chi connectivity index (χ1v) is 3.74. The summed E-state index contributed by atoms with van der Waals surface area (Å²) in [7, 11) is 0. The molecule has 0 amide bonds. The van der Waals surface area contributed by atoms with E-state index < -0.39 is 12.1 Å². The molecule has 0 aromatic heterocycles. The first-order valence-electron chi connectivity index (χ1n) is 3.74. The molecule has 0 aromatic rings. The van der Waals surface area contributed by atoms with Crippen molar-refractivity contribution in [2.24, 2.45) is 0 Å². The number of carboxylic acid groups (broad SMARTS) is 1. The second-order valence-electron chi connectivity index (χ2n) is 2.35. The zero-order chi connectivity index (χ0) is 8.69. The molecule has 2 N–H and O–H groups in total. The molecule has 0 saturated carbocycles. The number of allylic oxidation sites excluding steroid dienone is 1. The second-order valence-corrected chi connectivity index (χ2v) is 2.35. The monoisotopic (exact) mass is 158 g/mol. The highest BCUT2D eigenvalue weighted by atomic mass is 16.4. The van der Waals surface area contributed by atoms with Gasteiger partial charge in [-0.2, -0.15) is 0 Å². The van der Waals surface area contributed by atoms with Crippen molar-refractivity contribution in [2.75, 3.05) is 0 Å². The molecule has 0 radical (unpaired) electrons. The molecule has 0 aliphatic heterocycles. The molecule has 64 valence electrons. The van der Waals surface area contributed by atoms with Gasteiger partial charge in [0.15, 0.2) is 6.10 Å². The Balaban J connectivity index is 3.44. The SMILES string of the molecule is CCCC=CCC(O)C(=O)O. The topological polar surface area (TPSA) is 57.5 Å². The summed E-state index contributed by atoms with van der Waals surface area (Å²) in [4.78, 5) is 10.1. The number of aliphatic hydroxyl groups excluding tert-OH is 1. The van der Waals surface area contributed by atoms with Crippen LogP contribution in [0.2, 0.25) is 0 Å². The van der Waals surface area contributed by atoms with E-state index in [0.717, 1.165) is 12.8 Å². The quantitative estimate of drug-likeness (QED) is 0.590. The lowest BCUT2D eigenvalue weighted by Crippen LogP contribution is -2.17. The van der Waals surface area contributed by atoms with Gasteiger partial charge in [0.2, 0.25) is 0 Å². The van der Waals surface area contributed by atoms with Crippen molar-refractivity contribution in [1.82, 2.24) is 0 Å². The number of unbranched alkanes of at least 4 members (excludes halogenated alkanes) is 1. The summed E-state index contributed by atoms with van der Waals surface area (Å²) in [6.45, 7) is 2.04. The molecule has 0 heterocycles. The van der Waals surface area contributed by atoms with Crippen LogP contribution < -0.4 is 0 Å². The lowest BCUT2D eigenvalue weighted by molar-refractivity contribution is -0.146. The molecule has 11 heavy (non-hydrogen) atoms. The minimum Gasteiger partial charge on any atom is -0.479 e. The molecule has 1 unspecified atom stereocenters. The van der Waals surface area contributed by atoms with Crippen LogP contribution >= 0.6 is 0 Å². The average Bonchev–Trinajstić information content (AvgIpc) is 1.97. The van der Waals surface area contributed by atoms with Gasteiger partial charge in [0.1, 0.15) is 0 Å². The smallest absolute Gasteiger partial charge is 0.332 e. The fourth-order valence-corrected chi connectivity index (χ4v) is 0.610. The molecule has 0 saturated heterocycles. The Hall–Kier alpha value is -0.830. The molecular weight excluding hydrogens is 144 g/mol. The van der Waals surface area contributed by atoms with Gasteiger partial charge < -0.3 is 10.2 Å². The third-order valence-electron chi connectivity index (χ3n) is 1.27. The number of aliphatic carboxylic acids is 1. The molecule has 3 nitrogen and oxygen atoms in total. The number of rotatable bonds is 5. The Kier molecular flexibility index (Phi) is 5.47. The summed E-state index contributed by atoms with van der Waals surface area (Å²) < 4.78 is 0. The molecule has 0 aliphatic rings. The third-order valence-corrected chi connectivity index (χ3v) is 1.27. The van der Waals surface area contributed by atoms with Gasteiger partial charge in [-0.25, -0.2) is 4.79 Å². The van der Waals surface area contributed by atoms with E-state index in [9.17, 15) is 4.79 Å². The average molecular weight is 158 g/mol. The van der Waals surface area contributed by atoms with E-state index in [2.05, 4.69) is 0 Å². The Labute approximate surface area is 66.4 Å². The fourth-order valence-electron chi connectivity index (χ4n) is 0.610. The Morgan fingerprint density at radius 1 is 1.55 bits per heavy atom. The number of carboxylic acids is 1. The van der Waals surface area contributed by atoms with E-state index in [4.69, 9.17) is 10.2 Å². The van der Waals surface area contributed by atoms with Gasteiger partial charge in [0.25, 0.3) is 0 Å². The summed E-state index contributed by atoms with van der Waals surface area (Å²) in [5.74, 6) is -1.16. The Bertz CT molecular complexity index is 140. The normalized spacial score (nSPS) is 13.6. The maximum atomic E-state index is 10.1. The standard InChI is InChI=1S/C8H14O3/c1-2-3-4-5-6-7(9)8(10)11/h4-5,7,9H,2-3,6H2,1H3,(H,10,11). The first kappa shape index (κ1) is 10.2. The van der Waals surface area contributed by atoms with Gasteiger partial charge >= 0.3 is 5.97 Å². The van der Waals surface area contributed by atoms with Crippen molar-refractivity contribution in [2.45, 2.75) is 32.3 Å². The maximum Gasteiger partial charge on any atom is 0.332 e. The van der Waals surface area contributed by atoms with E-state index in [0.29, 0.717) is 0 Å². The Morgan fingerprint density at radius 3 is 2.64 bits per heavy atom. The van der Waals surface area contributed by atoms with Crippen molar-refractivity contribution >= 4 is 5.97 Å². The second kappa shape index (κ2) is 5.92. The van der Waals surface area contributed by atoms with Crippen LogP contribution in [0, 0.1) is 0 Å². The molecule has 0 aromatic carbocycles. The van der Waals surface area contributed by atoms with Crippen molar-refractivity contribution < 1.29 is 15.0 Å². The van der Waals surface area contributed by atoms with Crippen LogP contribution in [0.15, 0.2) is 12.2 Å². The van der Waals surface area contributed by atoms with E-state index in [1.54, 1.807) is 6.08 Å². The minimum atomic E-state index is -1.25. The molecule has 1 atom stereocenters. The predicted octanol–water partition coefficient (Wildman–Crippen LogP) is 1.18. The lowest BCUT2D eigenvalue weighted by atomic mass is 10.2. The van der Waals surface area contributed by atoms with Crippen molar-refractivity contribution in [3.8, 4) is 0 Å². The first-order chi connectivity index (χ1) is 5.18. The molecular formula is C8H14O3. The molecule has 0 rings (SSSR count). The number of aliphatic hydroxyl groups is 1. The van der Waals surface area contributed by atoms with Crippen LogP contribution in [0.3, 0.4) is 0 Å². The lowest BCUT2D eigenvalue weighted by Gasteiger charge is -1.98. The third kappa shape index (κ3) is 5.61. The number of hydrogen-bond acceptors (Lipinski definition) is 2. The molecule has 0 aliphatic carbocycles. The van der Waals surface area contributed by atoms with E-state index in [1.165, 1.54) is 0 Å². The van der Waals surface area contributed by atoms with E-state index in [1.807, 2.05) is 13.0 Å². The van der Waals surface area contributed by atoms with Crippen LogP contribution in [-0.4, -0.2) is 22.3 Å². The minimum absolute atomic E-state index is 0.204. The Morgan fingerprint density at radius 2 is 2.18 bits per heavy atom. The fraction of sp³-hybridized carbons (Fsp3) is 0.625. The molecule has 0 bridgehead atoms. The maximum absolute atomic E-state index is 10.1. The van der Waals surface area contributed by atoms with Crippen LogP contribution in [0.5, 0.6) is 0 Å². The van der Waals surface area contributed by atoms with E-state index >= 15 is 0 Å². The highest BCUT2D eigenvalue weighted by molar-refractivity contribution is 5.72. The zero-order valence-corrected chi connectivity index (χ0v) is 6.66. The predicted molar refractivity (Wildman–Crippen MR) is 42.3 cm³/mol. The van der Waals surface area contributed by atoms with Gasteiger partial charge in [-0.05, 0) is 6.42 Å². The summed E-state index contributed by atoms with van der Waals surface area (Å²) in [6.07, 6.45) is 4.51. The molecule has 0 spiro atoms. The van der Waals surface area contributed by atoms with Gasteiger partial charge in [0, 0.05) is 6.42 Å². The van der Waals surface area contributed by atoms with Crippen LogP contribution in [0.1, 0.15) is 26.2 Å². The number of carbonyl (C=O) groups is 1. The highest BCUT2D eigenvalue weighted by Crippen LogP contribution is 1.95. The van der Waals surface area contributed by atoms with Crippen molar-refractivity contribution in [3.63, 3.8) is 0 Å². The van der Waals surface area contributed by atoms with Crippen molar-refractivity contribution in [3.05, 3.63) is 12.2 Å². The van der Waals surface area contributed by atoms with Crippen molar-refractivity contribution in [1.29, 1.82) is 0 Å². The van der Waals surface area contributed by atoms with Gasteiger partial charge in [-0.3, -0.25) is 0 Å². The van der Waals surface area contributed by atoms with Gasteiger partial charge in [-0.1, -0.05) is 25.5 Å². The summed E-state index contributed by atoms with van der Waals surface area (Å²) in [6, 6.07) is 0.